The molecule has 0 saturated carbocycles. The number of carbonyl (C=O) groups is 1. The molecule has 0 aromatic heterocycles. The van der Waals surface area contributed by atoms with Crippen LogP contribution in [0.15, 0.2) is 48.5 Å². The smallest absolute Gasteiger partial charge is 0.248 e. The second-order valence-electron chi connectivity index (χ2n) is 5.76. The normalized spacial score (nSPS) is 10.7. The molecule has 0 aliphatic rings. The SMILES string of the molecule is CCOc1ccc(/C=C/C(=O)Nc2ccc(OCCOC)cc2)cc1OCC. The van der Waals surface area contributed by atoms with Crippen LogP contribution in [-0.4, -0.2) is 39.4 Å². The average molecular weight is 385 g/mol. The van der Waals surface area contributed by atoms with Crippen molar-refractivity contribution in [3.8, 4) is 17.2 Å². The van der Waals surface area contributed by atoms with Gasteiger partial charge in [0, 0.05) is 18.9 Å². The molecule has 0 saturated heterocycles. The molecule has 0 heterocycles. The summed E-state index contributed by atoms with van der Waals surface area (Å²) in [5.74, 6) is 1.86. The third-order valence-corrected chi connectivity index (χ3v) is 3.67. The number of carbonyl (C=O) groups excluding carboxylic acids is 1. The van der Waals surface area contributed by atoms with Crippen LogP contribution in [0.4, 0.5) is 5.69 Å². The fraction of sp³-hybridized carbons (Fsp3) is 0.318. The molecular weight excluding hydrogens is 358 g/mol. The predicted molar refractivity (Wildman–Crippen MR) is 110 cm³/mol. The van der Waals surface area contributed by atoms with Gasteiger partial charge in [-0.2, -0.15) is 0 Å². The Kier molecular flexibility index (Phi) is 8.88. The largest absolute Gasteiger partial charge is 0.491 e. The van der Waals surface area contributed by atoms with Crippen molar-refractivity contribution in [1.82, 2.24) is 0 Å². The molecule has 6 nitrogen and oxygen atoms in total. The second kappa shape index (κ2) is 11.7. The Morgan fingerprint density at radius 1 is 0.929 bits per heavy atom. The Balaban J connectivity index is 1.94. The molecule has 6 heteroatoms. The molecule has 0 spiro atoms. The van der Waals surface area contributed by atoms with Crippen molar-refractivity contribution in [2.45, 2.75) is 13.8 Å². The van der Waals surface area contributed by atoms with Crippen LogP contribution in [0.1, 0.15) is 19.4 Å². The summed E-state index contributed by atoms with van der Waals surface area (Å²) in [4.78, 5) is 12.2. The molecule has 28 heavy (non-hydrogen) atoms. The van der Waals surface area contributed by atoms with Crippen LogP contribution < -0.4 is 19.5 Å². The second-order valence-corrected chi connectivity index (χ2v) is 5.76. The first kappa shape index (κ1) is 21.3. The summed E-state index contributed by atoms with van der Waals surface area (Å²) in [6.45, 7) is 5.95. The maximum absolute atomic E-state index is 12.2. The minimum absolute atomic E-state index is 0.222. The van der Waals surface area contributed by atoms with E-state index in [0.717, 1.165) is 11.3 Å². The Labute approximate surface area is 166 Å². The number of benzene rings is 2. The van der Waals surface area contributed by atoms with E-state index in [1.165, 1.54) is 6.08 Å². The van der Waals surface area contributed by atoms with Gasteiger partial charge in [-0.05, 0) is 61.9 Å². The van der Waals surface area contributed by atoms with Gasteiger partial charge in [0.2, 0.25) is 5.91 Å². The molecule has 1 N–H and O–H groups in total. The quantitative estimate of drug-likeness (QED) is 0.465. The lowest BCUT2D eigenvalue weighted by molar-refractivity contribution is -0.111. The minimum Gasteiger partial charge on any atom is -0.491 e. The molecule has 2 rings (SSSR count). The third kappa shape index (κ3) is 6.96. The number of amides is 1. The molecule has 150 valence electrons. The number of nitrogens with one attached hydrogen (secondary N) is 1. The van der Waals surface area contributed by atoms with E-state index in [0.29, 0.717) is 43.6 Å². The first-order valence-electron chi connectivity index (χ1n) is 9.26. The number of rotatable bonds is 11. The zero-order chi connectivity index (χ0) is 20.2. The number of ether oxygens (including phenoxy) is 4. The number of anilines is 1. The maximum Gasteiger partial charge on any atom is 0.248 e. The van der Waals surface area contributed by atoms with Gasteiger partial charge in [-0.1, -0.05) is 6.07 Å². The lowest BCUT2D eigenvalue weighted by Gasteiger charge is -2.11. The zero-order valence-corrected chi connectivity index (χ0v) is 16.6. The topological polar surface area (TPSA) is 66.0 Å². The summed E-state index contributed by atoms with van der Waals surface area (Å²) in [6.07, 6.45) is 3.21. The van der Waals surface area contributed by atoms with E-state index in [9.17, 15) is 4.79 Å². The molecule has 0 fully saturated rings. The van der Waals surface area contributed by atoms with Crippen LogP contribution in [0.2, 0.25) is 0 Å². The lowest BCUT2D eigenvalue weighted by Crippen LogP contribution is -2.08. The van der Waals surface area contributed by atoms with Gasteiger partial charge in [0.15, 0.2) is 11.5 Å². The highest BCUT2D eigenvalue weighted by Gasteiger charge is 2.05. The van der Waals surface area contributed by atoms with Gasteiger partial charge in [0.25, 0.3) is 0 Å². The molecule has 0 bridgehead atoms. The minimum atomic E-state index is -0.222. The molecule has 0 aliphatic heterocycles. The Hall–Kier alpha value is -2.99. The number of methoxy groups -OCH3 is 1. The molecule has 0 atom stereocenters. The molecule has 0 radical (unpaired) electrons. The fourth-order valence-corrected chi connectivity index (χ4v) is 2.40. The van der Waals surface area contributed by atoms with Crippen LogP contribution in [-0.2, 0) is 9.53 Å². The van der Waals surface area contributed by atoms with E-state index < -0.39 is 0 Å². The molecule has 0 aliphatic carbocycles. The standard InChI is InChI=1S/C22H27NO5/c1-4-26-20-12-6-17(16-21(20)27-5-2)7-13-22(24)23-18-8-10-19(11-9-18)28-15-14-25-3/h6-13,16H,4-5,14-15H2,1-3H3,(H,23,24)/b13-7+. The van der Waals surface area contributed by atoms with Crippen LogP contribution in [0.5, 0.6) is 17.2 Å². The van der Waals surface area contributed by atoms with Crippen molar-refractivity contribution < 1.29 is 23.7 Å². The monoisotopic (exact) mass is 385 g/mol. The van der Waals surface area contributed by atoms with Crippen LogP contribution in [0, 0.1) is 0 Å². The van der Waals surface area contributed by atoms with Gasteiger partial charge in [-0.25, -0.2) is 0 Å². The maximum atomic E-state index is 12.2. The zero-order valence-electron chi connectivity index (χ0n) is 16.6. The molecule has 1 amide bonds. The third-order valence-electron chi connectivity index (χ3n) is 3.67. The van der Waals surface area contributed by atoms with Crippen LogP contribution in [0.3, 0.4) is 0 Å². The first-order chi connectivity index (χ1) is 13.7. The highest BCUT2D eigenvalue weighted by molar-refractivity contribution is 6.01. The van der Waals surface area contributed by atoms with Crippen molar-refractivity contribution in [3.05, 3.63) is 54.1 Å². The fourth-order valence-electron chi connectivity index (χ4n) is 2.40. The highest BCUT2D eigenvalue weighted by Crippen LogP contribution is 2.29. The summed E-state index contributed by atoms with van der Waals surface area (Å²) in [7, 11) is 1.63. The van der Waals surface area contributed by atoms with E-state index in [1.807, 2.05) is 32.0 Å². The number of hydrogen-bond donors (Lipinski definition) is 1. The highest BCUT2D eigenvalue weighted by atomic mass is 16.5. The van der Waals surface area contributed by atoms with Crippen molar-refractivity contribution >= 4 is 17.7 Å². The Morgan fingerprint density at radius 2 is 1.64 bits per heavy atom. The predicted octanol–water partition coefficient (Wildman–Crippen LogP) is 4.16. The summed E-state index contributed by atoms with van der Waals surface area (Å²) < 4.78 is 21.6. The van der Waals surface area contributed by atoms with E-state index in [-0.39, 0.29) is 5.91 Å². The summed E-state index contributed by atoms with van der Waals surface area (Å²) >= 11 is 0. The van der Waals surface area contributed by atoms with Gasteiger partial charge >= 0.3 is 0 Å². The van der Waals surface area contributed by atoms with Gasteiger partial charge in [0.1, 0.15) is 12.4 Å². The summed E-state index contributed by atoms with van der Waals surface area (Å²) in [6, 6.07) is 12.8. The lowest BCUT2D eigenvalue weighted by atomic mass is 10.2. The van der Waals surface area contributed by atoms with E-state index in [1.54, 1.807) is 37.5 Å². The van der Waals surface area contributed by atoms with Crippen molar-refractivity contribution in [2.24, 2.45) is 0 Å². The molecular formula is C22H27NO5. The molecule has 2 aromatic carbocycles. The van der Waals surface area contributed by atoms with Crippen molar-refractivity contribution in [1.29, 1.82) is 0 Å². The summed E-state index contributed by atoms with van der Waals surface area (Å²) in [5.41, 5.74) is 1.54. The van der Waals surface area contributed by atoms with Crippen LogP contribution in [0.25, 0.3) is 6.08 Å². The van der Waals surface area contributed by atoms with E-state index in [4.69, 9.17) is 18.9 Å². The molecule has 0 unspecified atom stereocenters. The van der Waals surface area contributed by atoms with Gasteiger partial charge < -0.3 is 24.3 Å². The van der Waals surface area contributed by atoms with E-state index in [2.05, 4.69) is 5.32 Å². The van der Waals surface area contributed by atoms with Gasteiger partial charge in [-0.3, -0.25) is 4.79 Å². The van der Waals surface area contributed by atoms with Crippen LogP contribution >= 0.6 is 0 Å². The van der Waals surface area contributed by atoms with Gasteiger partial charge in [0.05, 0.1) is 19.8 Å². The Morgan fingerprint density at radius 3 is 2.32 bits per heavy atom. The van der Waals surface area contributed by atoms with E-state index >= 15 is 0 Å². The van der Waals surface area contributed by atoms with Crippen molar-refractivity contribution in [3.63, 3.8) is 0 Å². The first-order valence-corrected chi connectivity index (χ1v) is 9.26. The summed E-state index contributed by atoms with van der Waals surface area (Å²) in [5, 5.41) is 2.82. The van der Waals surface area contributed by atoms with Gasteiger partial charge in [-0.15, -0.1) is 0 Å². The average Bonchev–Trinajstić information content (AvgIpc) is 2.70. The molecule has 2 aromatic rings. The number of hydrogen-bond acceptors (Lipinski definition) is 5. The Bertz CT molecular complexity index is 771. The van der Waals surface area contributed by atoms with Crippen molar-refractivity contribution in [2.75, 3.05) is 38.9 Å².